The molecule has 8 nitrogen and oxygen atoms in total. The highest BCUT2D eigenvalue weighted by atomic mass is 16.6. The van der Waals surface area contributed by atoms with Gasteiger partial charge in [-0.2, -0.15) is 0 Å². The number of nitrogens with one attached hydrogen (secondary N) is 1. The van der Waals surface area contributed by atoms with Gasteiger partial charge in [0.25, 0.3) is 11.6 Å². The van der Waals surface area contributed by atoms with Crippen LogP contribution in [-0.2, 0) is 4.79 Å². The lowest BCUT2D eigenvalue weighted by Crippen LogP contribution is -2.44. The van der Waals surface area contributed by atoms with Crippen molar-refractivity contribution in [1.82, 2.24) is 9.80 Å². The molecule has 23 heavy (non-hydrogen) atoms. The monoisotopic (exact) mass is 320 g/mol. The number of carbonyl (C=O) groups is 2. The van der Waals surface area contributed by atoms with Crippen LogP contribution < -0.4 is 5.32 Å². The van der Waals surface area contributed by atoms with Gasteiger partial charge < -0.3 is 15.1 Å². The molecule has 0 atom stereocenters. The van der Waals surface area contributed by atoms with Gasteiger partial charge in [0, 0.05) is 25.2 Å². The molecular weight excluding hydrogens is 300 g/mol. The highest BCUT2D eigenvalue weighted by Crippen LogP contribution is 2.25. The zero-order chi connectivity index (χ0) is 17.0. The number of anilines is 1. The van der Waals surface area contributed by atoms with Crippen LogP contribution in [0.2, 0.25) is 0 Å². The number of carbonyl (C=O) groups excluding carboxylic acids is 2. The summed E-state index contributed by atoms with van der Waals surface area (Å²) in [5.41, 5.74) is 0.227. The molecule has 1 aromatic rings. The summed E-state index contributed by atoms with van der Waals surface area (Å²) < 4.78 is 0. The zero-order valence-electron chi connectivity index (χ0n) is 13.2. The van der Waals surface area contributed by atoms with Crippen molar-refractivity contribution in [2.24, 2.45) is 0 Å². The number of nitrogens with zero attached hydrogens (tertiary/aromatic N) is 3. The summed E-state index contributed by atoms with van der Waals surface area (Å²) in [4.78, 5) is 37.6. The molecule has 8 heteroatoms. The molecule has 1 fully saturated rings. The first-order valence-corrected chi connectivity index (χ1v) is 7.38. The van der Waals surface area contributed by atoms with Gasteiger partial charge in [-0.15, -0.1) is 0 Å². The van der Waals surface area contributed by atoms with E-state index in [1.165, 1.54) is 18.2 Å². The van der Waals surface area contributed by atoms with Gasteiger partial charge in [-0.25, -0.2) is 0 Å². The van der Waals surface area contributed by atoms with Crippen LogP contribution in [0.25, 0.3) is 0 Å². The molecule has 1 heterocycles. The predicted molar refractivity (Wildman–Crippen MR) is 85.4 cm³/mol. The smallest absolute Gasteiger partial charge is 0.270 e. The summed E-state index contributed by atoms with van der Waals surface area (Å²) in [5.74, 6) is -0.326. The minimum Gasteiger partial charge on any atom is -0.339 e. The lowest BCUT2D eigenvalue weighted by molar-refractivity contribution is -0.384. The highest BCUT2D eigenvalue weighted by Gasteiger charge is 2.27. The Morgan fingerprint density at radius 1 is 1.43 bits per heavy atom. The number of piperidine rings is 1. The average molecular weight is 320 g/mol. The fraction of sp³-hybridized carbons (Fsp3) is 0.467. The number of benzene rings is 1. The maximum atomic E-state index is 12.7. The van der Waals surface area contributed by atoms with Gasteiger partial charge in [0.2, 0.25) is 6.41 Å². The number of non-ortho nitro benzene ring substituents is 1. The Morgan fingerprint density at radius 3 is 2.65 bits per heavy atom. The Balaban J connectivity index is 2.27. The van der Waals surface area contributed by atoms with Crippen molar-refractivity contribution >= 4 is 23.7 Å². The summed E-state index contributed by atoms with van der Waals surface area (Å²) >= 11 is 0. The Bertz CT molecular complexity index is 611. The number of nitro groups is 1. The maximum Gasteiger partial charge on any atom is 0.270 e. The van der Waals surface area contributed by atoms with Gasteiger partial charge >= 0.3 is 0 Å². The molecule has 0 aliphatic carbocycles. The third-order valence-electron chi connectivity index (χ3n) is 4.21. The molecule has 1 aromatic carbocycles. The zero-order valence-corrected chi connectivity index (χ0v) is 13.2. The molecule has 0 radical (unpaired) electrons. The van der Waals surface area contributed by atoms with E-state index >= 15 is 0 Å². The quantitative estimate of drug-likeness (QED) is 0.501. The fourth-order valence-corrected chi connectivity index (χ4v) is 2.75. The minimum atomic E-state index is -0.558. The second kappa shape index (κ2) is 7.19. The van der Waals surface area contributed by atoms with Crippen molar-refractivity contribution in [3.63, 3.8) is 0 Å². The summed E-state index contributed by atoms with van der Waals surface area (Å²) in [6.45, 7) is 1.80. The van der Waals surface area contributed by atoms with E-state index in [1.807, 2.05) is 7.05 Å². The SMILES string of the molecule is CN1CCC(N(C)C(=O)c2cc([N+](=O)[O-])ccc2NC=O)CC1. The van der Waals surface area contributed by atoms with Crippen molar-refractivity contribution in [1.29, 1.82) is 0 Å². The molecule has 1 saturated heterocycles. The Hall–Kier alpha value is -2.48. The van der Waals surface area contributed by atoms with E-state index in [1.54, 1.807) is 11.9 Å². The van der Waals surface area contributed by atoms with E-state index in [0.717, 1.165) is 25.9 Å². The Morgan fingerprint density at radius 2 is 2.09 bits per heavy atom. The first-order chi connectivity index (χ1) is 10.9. The van der Waals surface area contributed by atoms with Crippen LogP contribution >= 0.6 is 0 Å². The first kappa shape index (κ1) is 16.9. The maximum absolute atomic E-state index is 12.7. The van der Waals surface area contributed by atoms with Crippen molar-refractivity contribution in [3.05, 3.63) is 33.9 Å². The topological polar surface area (TPSA) is 95.8 Å². The van der Waals surface area contributed by atoms with Gasteiger partial charge in [-0.3, -0.25) is 19.7 Å². The molecule has 124 valence electrons. The van der Waals surface area contributed by atoms with E-state index < -0.39 is 4.92 Å². The van der Waals surface area contributed by atoms with Crippen LogP contribution in [0, 0.1) is 10.1 Å². The van der Waals surface area contributed by atoms with Crippen LogP contribution in [0.5, 0.6) is 0 Å². The number of likely N-dealkylation sites (tertiary alicyclic amines) is 1. The van der Waals surface area contributed by atoms with Crippen LogP contribution in [0.4, 0.5) is 11.4 Å². The number of amides is 2. The number of rotatable bonds is 5. The Labute approximate surface area is 134 Å². The van der Waals surface area contributed by atoms with Crippen LogP contribution in [0.15, 0.2) is 18.2 Å². The van der Waals surface area contributed by atoms with Crippen LogP contribution in [0.1, 0.15) is 23.2 Å². The fourth-order valence-electron chi connectivity index (χ4n) is 2.75. The van der Waals surface area contributed by atoms with E-state index in [0.29, 0.717) is 6.41 Å². The summed E-state index contributed by atoms with van der Waals surface area (Å²) in [6.07, 6.45) is 2.15. The average Bonchev–Trinajstić information content (AvgIpc) is 2.54. The van der Waals surface area contributed by atoms with Gasteiger partial charge in [-0.05, 0) is 39.0 Å². The van der Waals surface area contributed by atoms with Crippen molar-refractivity contribution in [2.45, 2.75) is 18.9 Å². The molecule has 2 rings (SSSR count). The standard InChI is InChI=1S/C15H20N4O4/c1-17-7-5-11(6-8-17)18(2)15(21)13-9-12(19(22)23)3-4-14(13)16-10-20/h3-4,9-11H,5-8H2,1-2H3,(H,16,20). The predicted octanol–water partition coefficient (Wildman–Crippen LogP) is 1.33. The molecule has 0 spiro atoms. The lowest BCUT2D eigenvalue weighted by Gasteiger charge is -2.35. The number of nitro benzene ring substituents is 1. The second-order valence-electron chi connectivity index (χ2n) is 5.70. The van der Waals surface area contributed by atoms with Crippen molar-refractivity contribution < 1.29 is 14.5 Å². The summed E-state index contributed by atoms with van der Waals surface area (Å²) in [6, 6.07) is 3.93. The van der Waals surface area contributed by atoms with E-state index in [2.05, 4.69) is 10.2 Å². The second-order valence-corrected chi connectivity index (χ2v) is 5.70. The van der Waals surface area contributed by atoms with Crippen molar-refractivity contribution in [3.8, 4) is 0 Å². The van der Waals surface area contributed by atoms with Crippen LogP contribution in [-0.4, -0.2) is 60.3 Å². The molecular formula is C15H20N4O4. The molecule has 0 bridgehead atoms. The van der Waals surface area contributed by atoms with Crippen molar-refractivity contribution in [2.75, 3.05) is 32.5 Å². The normalized spacial score (nSPS) is 15.9. The summed E-state index contributed by atoms with van der Waals surface area (Å²) in [5, 5.41) is 13.4. The minimum absolute atomic E-state index is 0.0852. The van der Waals surface area contributed by atoms with Gasteiger partial charge in [0.05, 0.1) is 16.2 Å². The first-order valence-electron chi connectivity index (χ1n) is 7.38. The number of hydrogen-bond donors (Lipinski definition) is 1. The molecule has 0 saturated carbocycles. The lowest BCUT2D eigenvalue weighted by atomic mass is 10.0. The number of hydrogen-bond acceptors (Lipinski definition) is 5. The van der Waals surface area contributed by atoms with Crippen LogP contribution in [0.3, 0.4) is 0 Å². The van der Waals surface area contributed by atoms with Gasteiger partial charge in [-0.1, -0.05) is 0 Å². The van der Waals surface area contributed by atoms with Gasteiger partial charge in [0.15, 0.2) is 0 Å². The van der Waals surface area contributed by atoms with E-state index in [4.69, 9.17) is 0 Å². The third kappa shape index (κ3) is 3.84. The molecule has 1 aliphatic heterocycles. The molecule has 1 N–H and O–H groups in total. The summed E-state index contributed by atoms with van der Waals surface area (Å²) in [7, 11) is 3.73. The third-order valence-corrected chi connectivity index (χ3v) is 4.21. The van der Waals surface area contributed by atoms with Gasteiger partial charge in [0.1, 0.15) is 0 Å². The highest BCUT2D eigenvalue weighted by molar-refractivity contribution is 6.02. The largest absolute Gasteiger partial charge is 0.339 e. The Kier molecular flexibility index (Phi) is 5.28. The van der Waals surface area contributed by atoms with E-state index in [9.17, 15) is 19.7 Å². The van der Waals surface area contributed by atoms with E-state index in [-0.39, 0.29) is 28.9 Å². The molecule has 0 aromatic heterocycles. The molecule has 2 amide bonds. The molecule has 0 unspecified atom stereocenters. The molecule has 1 aliphatic rings.